The summed E-state index contributed by atoms with van der Waals surface area (Å²) in [6.45, 7) is 0. The topological polar surface area (TPSA) is 43.4 Å². The van der Waals surface area contributed by atoms with E-state index in [1.165, 1.54) is 11.8 Å². The van der Waals surface area contributed by atoms with Gasteiger partial charge in [0, 0.05) is 32.6 Å². The third kappa shape index (κ3) is 4.93. The number of hydrogen-bond donors (Lipinski definition) is 0. The minimum Gasteiger partial charge on any atom is -0.497 e. The van der Waals surface area contributed by atoms with Gasteiger partial charge in [0.25, 0.3) is 0 Å². The number of halogens is 1. The first-order valence-corrected chi connectivity index (χ1v) is 10.3. The quantitative estimate of drug-likeness (QED) is 0.590. The molecule has 6 heteroatoms. The molecule has 0 N–H and O–H groups in total. The van der Waals surface area contributed by atoms with E-state index in [4.69, 9.17) is 16.3 Å². The summed E-state index contributed by atoms with van der Waals surface area (Å²) in [5, 5.41) is 0.666. The van der Waals surface area contributed by atoms with Gasteiger partial charge in [0.05, 0.1) is 12.9 Å². The summed E-state index contributed by atoms with van der Waals surface area (Å²) in [6.07, 6.45) is 2.11. The van der Waals surface area contributed by atoms with Crippen LogP contribution in [0.5, 0.6) is 5.75 Å². The van der Waals surface area contributed by atoms with Gasteiger partial charge in [-0.15, -0.1) is 23.5 Å². The van der Waals surface area contributed by atoms with E-state index in [2.05, 4.69) is 0 Å². The minimum atomic E-state index is 0.0205. The summed E-state index contributed by atoms with van der Waals surface area (Å²) in [6, 6.07) is 14.6. The van der Waals surface area contributed by atoms with Gasteiger partial charge >= 0.3 is 0 Å². The molecule has 2 aromatic carbocycles. The molecule has 0 radical (unpaired) electrons. The largest absolute Gasteiger partial charge is 0.497 e. The lowest BCUT2D eigenvalue weighted by Crippen LogP contribution is -2.09. The van der Waals surface area contributed by atoms with E-state index in [1.807, 2.05) is 24.3 Å². The molecule has 0 aromatic heterocycles. The van der Waals surface area contributed by atoms with Crippen LogP contribution in [0.25, 0.3) is 0 Å². The Bertz CT molecular complexity index is 829. The molecule has 0 amide bonds. The SMILES string of the molecule is COc1ccc([C@@H]2CC(=O)C=C(SCC(=O)c3ccc(Cl)cc3)S2)cc1. The zero-order valence-corrected chi connectivity index (χ0v) is 16.5. The zero-order chi connectivity index (χ0) is 18.5. The van der Waals surface area contributed by atoms with Gasteiger partial charge in [0.2, 0.25) is 0 Å². The van der Waals surface area contributed by atoms with E-state index in [0.717, 1.165) is 15.6 Å². The maximum Gasteiger partial charge on any atom is 0.173 e. The second-order valence-corrected chi connectivity index (χ2v) is 8.69. The second kappa shape index (κ2) is 8.80. The molecule has 1 heterocycles. The molecule has 0 saturated carbocycles. The molecule has 0 aliphatic carbocycles. The van der Waals surface area contributed by atoms with Crippen molar-refractivity contribution >= 4 is 46.7 Å². The minimum absolute atomic E-state index is 0.0205. The fourth-order valence-corrected chi connectivity index (χ4v) is 5.12. The highest BCUT2D eigenvalue weighted by Gasteiger charge is 2.24. The molecule has 0 bridgehead atoms. The maximum atomic E-state index is 12.3. The van der Waals surface area contributed by atoms with Crippen LogP contribution in [0.3, 0.4) is 0 Å². The Morgan fingerprint density at radius 1 is 1.19 bits per heavy atom. The number of Topliss-reactive ketones (excluding diaryl/α,β-unsaturated/α-hetero) is 1. The Morgan fingerprint density at radius 2 is 1.88 bits per heavy atom. The molecule has 0 spiro atoms. The highest BCUT2D eigenvalue weighted by Crippen LogP contribution is 2.45. The van der Waals surface area contributed by atoms with E-state index in [-0.39, 0.29) is 16.8 Å². The Balaban J connectivity index is 1.63. The van der Waals surface area contributed by atoms with Crippen LogP contribution in [0.4, 0.5) is 0 Å². The van der Waals surface area contributed by atoms with E-state index in [9.17, 15) is 9.59 Å². The molecule has 1 atom stereocenters. The summed E-state index contributed by atoms with van der Waals surface area (Å²) >= 11 is 8.89. The van der Waals surface area contributed by atoms with Gasteiger partial charge in [-0.3, -0.25) is 9.59 Å². The predicted octanol–water partition coefficient (Wildman–Crippen LogP) is 5.55. The number of hydrogen-bond acceptors (Lipinski definition) is 5. The van der Waals surface area contributed by atoms with E-state index >= 15 is 0 Å². The summed E-state index contributed by atoms with van der Waals surface area (Å²) < 4.78 is 6.06. The molecule has 3 rings (SSSR count). The molecular weight excluding hydrogens is 388 g/mol. The lowest BCUT2D eigenvalue weighted by atomic mass is 10.1. The number of benzene rings is 2. The lowest BCUT2D eigenvalue weighted by molar-refractivity contribution is -0.114. The van der Waals surface area contributed by atoms with E-state index in [1.54, 1.807) is 49.2 Å². The highest BCUT2D eigenvalue weighted by molar-refractivity contribution is 8.22. The molecule has 26 heavy (non-hydrogen) atoms. The van der Waals surface area contributed by atoms with Crippen LogP contribution in [0.2, 0.25) is 5.02 Å². The number of carbonyl (C=O) groups excluding carboxylic acids is 2. The number of rotatable bonds is 6. The van der Waals surface area contributed by atoms with Gasteiger partial charge < -0.3 is 4.74 Å². The van der Waals surface area contributed by atoms with Gasteiger partial charge in [0.1, 0.15) is 5.75 Å². The molecular formula is C20H17ClO3S2. The monoisotopic (exact) mass is 404 g/mol. The van der Waals surface area contributed by atoms with Crippen LogP contribution in [0.1, 0.15) is 27.6 Å². The van der Waals surface area contributed by atoms with Crippen molar-refractivity contribution in [2.45, 2.75) is 11.7 Å². The molecule has 3 nitrogen and oxygen atoms in total. The van der Waals surface area contributed by atoms with Crippen molar-refractivity contribution < 1.29 is 14.3 Å². The Hall–Kier alpha value is -1.69. The van der Waals surface area contributed by atoms with Crippen molar-refractivity contribution in [2.75, 3.05) is 12.9 Å². The molecule has 0 fully saturated rings. The Labute approximate surface area is 166 Å². The standard InChI is InChI=1S/C20H17ClO3S2/c1-24-17-8-4-14(5-9-17)19-10-16(22)11-20(26-19)25-12-18(23)13-2-6-15(21)7-3-13/h2-9,11,19H,10,12H2,1H3/t19-/m0/s1. The number of thioether (sulfide) groups is 2. The van der Waals surface area contributed by atoms with Gasteiger partial charge in [0.15, 0.2) is 11.6 Å². The molecule has 134 valence electrons. The van der Waals surface area contributed by atoms with Crippen molar-refractivity contribution in [3.8, 4) is 5.75 Å². The van der Waals surface area contributed by atoms with Crippen molar-refractivity contribution in [2.24, 2.45) is 0 Å². The van der Waals surface area contributed by atoms with Crippen molar-refractivity contribution in [1.82, 2.24) is 0 Å². The van der Waals surface area contributed by atoms with Crippen LogP contribution in [-0.2, 0) is 4.79 Å². The summed E-state index contributed by atoms with van der Waals surface area (Å²) in [7, 11) is 1.63. The maximum absolute atomic E-state index is 12.3. The third-order valence-electron chi connectivity index (χ3n) is 3.92. The number of carbonyl (C=O) groups is 2. The van der Waals surface area contributed by atoms with Crippen LogP contribution in [-0.4, -0.2) is 24.4 Å². The van der Waals surface area contributed by atoms with Gasteiger partial charge in [-0.1, -0.05) is 23.7 Å². The van der Waals surface area contributed by atoms with Crippen LogP contribution < -0.4 is 4.74 Å². The smallest absolute Gasteiger partial charge is 0.173 e. The first kappa shape index (κ1) is 19.1. The summed E-state index contributed by atoms with van der Waals surface area (Å²) in [4.78, 5) is 24.4. The normalized spacial score (nSPS) is 16.9. The number of ketones is 2. The molecule has 1 aliphatic heterocycles. The van der Waals surface area contributed by atoms with E-state index in [0.29, 0.717) is 22.8 Å². The zero-order valence-electron chi connectivity index (χ0n) is 14.1. The highest BCUT2D eigenvalue weighted by atomic mass is 35.5. The summed E-state index contributed by atoms with van der Waals surface area (Å²) in [5.41, 5.74) is 1.71. The Kier molecular flexibility index (Phi) is 6.46. The number of ether oxygens (including phenoxy) is 1. The number of allylic oxidation sites excluding steroid dienone is 1. The van der Waals surface area contributed by atoms with Crippen LogP contribution in [0.15, 0.2) is 58.8 Å². The van der Waals surface area contributed by atoms with Crippen molar-refractivity contribution in [3.63, 3.8) is 0 Å². The van der Waals surface area contributed by atoms with Crippen LogP contribution >= 0.6 is 35.1 Å². The lowest BCUT2D eigenvalue weighted by Gasteiger charge is -2.21. The van der Waals surface area contributed by atoms with Crippen molar-refractivity contribution in [1.29, 1.82) is 0 Å². The first-order valence-electron chi connectivity index (χ1n) is 8.02. The third-order valence-corrected chi connectivity index (χ3v) is 6.70. The predicted molar refractivity (Wildman–Crippen MR) is 109 cm³/mol. The van der Waals surface area contributed by atoms with Crippen LogP contribution in [0, 0.1) is 0 Å². The average molecular weight is 405 g/mol. The molecule has 2 aromatic rings. The fraction of sp³-hybridized carbons (Fsp3) is 0.200. The van der Waals surface area contributed by atoms with Gasteiger partial charge in [-0.2, -0.15) is 0 Å². The first-order chi connectivity index (χ1) is 12.5. The second-order valence-electron chi connectivity index (χ2n) is 5.73. The van der Waals surface area contributed by atoms with E-state index < -0.39 is 0 Å². The molecule has 1 aliphatic rings. The molecule has 0 unspecified atom stereocenters. The van der Waals surface area contributed by atoms with Gasteiger partial charge in [-0.05, 0) is 42.0 Å². The summed E-state index contributed by atoms with van der Waals surface area (Å²) in [5.74, 6) is 1.20. The van der Waals surface area contributed by atoms with Crippen molar-refractivity contribution in [3.05, 3.63) is 75.0 Å². The van der Waals surface area contributed by atoms with Gasteiger partial charge in [-0.25, -0.2) is 0 Å². The fourth-order valence-electron chi connectivity index (χ4n) is 2.52. The number of methoxy groups -OCH3 is 1. The average Bonchev–Trinajstić information content (AvgIpc) is 2.66. The molecule has 0 saturated heterocycles. The Morgan fingerprint density at radius 3 is 2.54 bits per heavy atom.